The highest BCUT2D eigenvalue weighted by Gasteiger charge is 2.28. The van der Waals surface area contributed by atoms with Crippen LogP contribution in [0.2, 0.25) is 10.0 Å². The van der Waals surface area contributed by atoms with E-state index in [1.807, 2.05) is 44.2 Å². The van der Waals surface area contributed by atoms with Crippen molar-refractivity contribution in [2.45, 2.75) is 44.2 Å². The van der Waals surface area contributed by atoms with Crippen LogP contribution >= 0.6 is 23.2 Å². The quantitative estimate of drug-likeness (QED) is 0.378. The van der Waals surface area contributed by atoms with Gasteiger partial charge in [-0.05, 0) is 62.1 Å². The van der Waals surface area contributed by atoms with Crippen molar-refractivity contribution in [1.82, 2.24) is 9.62 Å². The third-order valence-electron chi connectivity index (χ3n) is 5.46. The lowest BCUT2D eigenvalue weighted by Crippen LogP contribution is -2.43. The van der Waals surface area contributed by atoms with Crippen molar-refractivity contribution in [2.24, 2.45) is 0 Å². The summed E-state index contributed by atoms with van der Waals surface area (Å²) in [5.74, 6) is -0.374. The highest BCUT2D eigenvalue weighted by Crippen LogP contribution is 2.25. The molecule has 0 bridgehead atoms. The van der Waals surface area contributed by atoms with Gasteiger partial charge in [0.25, 0.3) is 0 Å². The van der Waals surface area contributed by atoms with E-state index in [0.717, 1.165) is 22.7 Å². The fourth-order valence-electron chi connectivity index (χ4n) is 3.51. The Morgan fingerprint density at radius 2 is 1.68 bits per heavy atom. The molecular formula is C26H28Cl2N2O3S. The van der Waals surface area contributed by atoms with E-state index in [-0.39, 0.29) is 29.9 Å². The number of benzene rings is 3. The Labute approximate surface area is 211 Å². The van der Waals surface area contributed by atoms with Crippen molar-refractivity contribution in [3.63, 3.8) is 0 Å². The van der Waals surface area contributed by atoms with Crippen LogP contribution in [0.25, 0.3) is 0 Å². The van der Waals surface area contributed by atoms with Crippen LogP contribution in [0, 0.1) is 6.92 Å². The van der Waals surface area contributed by atoms with Crippen LogP contribution in [-0.4, -0.2) is 31.2 Å². The van der Waals surface area contributed by atoms with Gasteiger partial charge in [0.1, 0.15) is 0 Å². The van der Waals surface area contributed by atoms with Crippen LogP contribution in [0.3, 0.4) is 0 Å². The number of sulfonamides is 1. The number of amides is 1. The average Bonchev–Trinajstić information content (AvgIpc) is 2.80. The Hall–Kier alpha value is -2.38. The Morgan fingerprint density at radius 3 is 2.32 bits per heavy atom. The Morgan fingerprint density at radius 1 is 1.00 bits per heavy atom. The lowest BCUT2D eigenvalue weighted by atomic mass is 10.1. The molecule has 1 amide bonds. The standard InChI is InChI=1S/C26H28Cl2N2O3S/c1-19-8-14-24(15-9-19)34(32,33)30(17-22-12-13-23(27)16-25(22)28)18-26(31)29-20(2)10-11-21-6-4-3-5-7-21/h3-9,12-16,20H,10-11,17-18H2,1-2H3,(H,29,31)/t20-/m1/s1. The summed E-state index contributed by atoms with van der Waals surface area (Å²) in [5, 5.41) is 3.72. The first-order valence-electron chi connectivity index (χ1n) is 11.0. The number of carbonyl (C=O) groups excluding carboxylic acids is 1. The van der Waals surface area contributed by atoms with Gasteiger partial charge in [-0.25, -0.2) is 8.42 Å². The minimum Gasteiger partial charge on any atom is -0.352 e. The summed E-state index contributed by atoms with van der Waals surface area (Å²) in [5.41, 5.74) is 2.69. The van der Waals surface area contributed by atoms with Gasteiger partial charge in [0.15, 0.2) is 0 Å². The van der Waals surface area contributed by atoms with Crippen molar-refractivity contribution >= 4 is 39.1 Å². The van der Waals surface area contributed by atoms with Gasteiger partial charge in [-0.3, -0.25) is 4.79 Å². The van der Waals surface area contributed by atoms with E-state index in [2.05, 4.69) is 5.32 Å². The van der Waals surface area contributed by atoms with Gasteiger partial charge >= 0.3 is 0 Å². The SMILES string of the molecule is Cc1ccc(S(=O)(=O)N(CC(=O)N[C@H](C)CCc2ccccc2)Cc2ccc(Cl)cc2Cl)cc1. The first-order chi connectivity index (χ1) is 16.1. The first kappa shape index (κ1) is 26.2. The Kier molecular flexibility index (Phi) is 9.14. The fraction of sp³-hybridized carbons (Fsp3) is 0.269. The van der Waals surface area contributed by atoms with Crippen molar-refractivity contribution < 1.29 is 13.2 Å². The van der Waals surface area contributed by atoms with E-state index in [4.69, 9.17) is 23.2 Å². The average molecular weight is 519 g/mol. The van der Waals surface area contributed by atoms with Gasteiger partial charge in [0.2, 0.25) is 15.9 Å². The lowest BCUT2D eigenvalue weighted by Gasteiger charge is -2.24. The summed E-state index contributed by atoms with van der Waals surface area (Å²) in [6, 6.07) is 21.3. The zero-order valence-electron chi connectivity index (χ0n) is 19.2. The summed E-state index contributed by atoms with van der Waals surface area (Å²) in [6.07, 6.45) is 1.55. The van der Waals surface area contributed by atoms with E-state index < -0.39 is 10.0 Å². The third kappa shape index (κ3) is 7.31. The molecule has 0 saturated carbocycles. The molecule has 0 aliphatic carbocycles. The zero-order chi connectivity index (χ0) is 24.7. The predicted molar refractivity (Wildman–Crippen MR) is 138 cm³/mol. The molecule has 0 aliphatic heterocycles. The maximum atomic E-state index is 13.4. The highest BCUT2D eigenvalue weighted by molar-refractivity contribution is 7.89. The second-order valence-corrected chi connectivity index (χ2v) is 11.1. The summed E-state index contributed by atoms with van der Waals surface area (Å²) < 4.78 is 28.0. The first-order valence-corrected chi connectivity index (χ1v) is 13.2. The lowest BCUT2D eigenvalue weighted by molar-refractivity contribution is -0.122. The molecule has 0 spiro atoms. The molecule has 0 aromatic heterocycles. The number of halogens is 2. The maximum absolute atomic E-state index is 13.4. The van der Waals surface area contributed by atoms with Gasteiger partial charge in [0, 0.05) is 22.6 Å². The number of hydrogen-bond acceptors (Lipinski definition) is 3. The molecule has 0 unspecified atom stereocenters. The van der Waals surface area contributed by atoms with E-state index in [1.165, 1.54) is 5.56 Å². The van der Waals surface area contributed by atoms with E-state index >= 15 is 0 Å². The van der Waals surface area contributed by atoms with Crippen molar-refractivity contribution in [1.29, 1.82) is 0 Å². The number of rotatable bonds is 10. The molecule has 8 heteroatoms. The van der Waals surface area contributed by atoms with Gasteiger partial charge in [0.05, 0.1) is 11.4 Å². The summed E-state index contributed by atoms with van der Waals surface area (Å²) in [6.45, 7) is 3.41. The third-order valence-corrected chi connectivity index (χ3v) is 7.85. The number of nitrogens with one attached hydrogen (secondary N) is 1. The van der Waals surface area contributed by atoms with Gasteiger partial charge in [-0.15, -0.1) is 0 Å². The van der Waals surface area contributed by atoms with Crippen molar-refractivity contribution in [3.05, 3.63) is 99.5 Å². The van der Waals surface area contributed by atoms with E-state index in [9.17, 15) is 13.2 Å². The van der Waals surface area contributed by atoms with Gasteiger partial charge in [-0.1, -0.05) is 77.3 Å². The van der Waals surface area contributed by atoms with Crippen molar-refractivity contribution in [2.75, 3.05) is 6.54 Å². The Bertz CT molecular complexity index is 1220. The number of hydrogen-bond donors (Lipinski definition) is 1. The molecule has 1 atom stereocenters. The molecule has 3 rings (SSSR count). The van der Waals surface area contributed by atoms with Crippen LogP contribution < -0.4 is 5.32 Å². The number of aryl methyl sites for hydroxylation is 2. The van der Waals surface area contributed by atoms with Crippen LogP contribution in [0.1, 0.15) is 30.0 Å². The molecule has 0 aliphatic rings. The second-order valence-electron chi connectivity index (χ2n) is 8.31. The molecule has 0 radical (unpaired) electrons. The van der Waals surface area contributed by atoms with Crippen LogP contribution in [0.15, 0.2) is 77.7 Å². The minimum atomic E-state index is -3.95. The number of nitrogens with zero attached hydrogens (tertiary/aromatic N) is 1. The zero-order valence-corrected chi connectivity index (χ0v) is 21.5. The maximum Gasteiger partial charge on any atom is 0.243 e. The van der Waals surface area contributed by atoms with Gasteiger partial charge < -0.3 is 5.32 Å². The fourth-order valence-corrected chi connectivity index (χ4v) is 5.35. The topological polar surface area (TPSA) is 66.5 Å². The molecule has 0 fully saturated rings. The molecule has 1 N–H and O–H groups in total. The molecule has 3 aromatic carbocycles. The smallest absolute Gasteiger partial charge is 0.243 e. The molecule has 5 nitrogen and oxygen atoms in total. The molecule has 3 aromatic rings. The highest BCUT2D eigenvalue weighted by atomic mass is 35.5. The largest absolute Gasteiger partial charge is 0.352 e. The summed E-state index contributed by atoms with van der Waals surface area (Å²) in [7, 11) is -3.95. The molecule has 0 heterocycles. The normalized spacial score (nSPS) is 12.5. The molecule has 34 heavy (non-hydrogen) atoms. The molecule has 180 valence electrons. The second kappa shape index (κ2) is 11.8. The van der Waals surface area contributed by atoms with E-state index in [1.54, 1.807) is 42.5 Å². The number of carbonyl (C=O) groups is 1. The van der Waals surface area contributed by atoms with Gasteiger partial charge in [-0.2, -0.15) is 4.31 Å². The van der Waals surface area contributed by atoms with Crippen LogP contribution in [-0.2, 0) is 27.8 Å². The summed E-state index contributed by atoms with van der Waals surface area (Å²) in [4.78, 5) is 13.0. The molecule has 0 saturated heterocycles. The monoisotopic (exact) mass is 518 g/mol. The van der Waals surface area contributed by atoms with Crippen molar-refractivity contribution in [3.8, 4) is 0 Å². The van der Waals surface area contributed by atoms with E-state index in [0.29, 0.717) is 15.6 Å². The summed E-state index contributed by atoms with van der Waals surface area (Å²) >= 11 is 12.3. The Balaban J connectivity index is 1.75. The van der Waals surface area contributed by atoms with Crippen LogP contribution in [0.5, 0.6) is 0 Å². The molecular weight excluding hydrogens is 491 g/mol. The predicted octanol–water partition coefficient (Wildman–Crippen LogP) is 5.63. The van der Waals surface area contributed by atoms with Crippen LogP contribution in [0.4, 0.5) is 0 Å². The minimum absolute atomic E-state index is 0.0575.